The molecule has 19 heavy (non-hydrogen) atoms. The van der Waals surface area contributed by atoms with Crippen molar-refractivity contribution in [2.24, 2.45) is 5.41 Å². The Hall–Kier alpha value is -0.120. The van der Waals surface area contributed by atoms with Crippen molar-refractivity contribution in [3.63, 3.8) is 0 Å². The molecular formula is C16H32N2O. The zero-order chi connectivity index (χ0) is 13.6. The van der Waals surface area contributed by atoms with E-state index in [0.717, 1.165) is 19.8 Å². The normalized spacial score (nSPS) is 30.5. The van der Waals surface area contributed by atoms with Crippen molar-refractivity contribution in [3.05, 3.63) is 0 Å². The first kappa shape index (κ1) is 15.3. The van der Waals surface area contributed by atoms with Gasteiger partial charge in [0.25, 0.3) is 0 Å². The third kappa shape index (κ3) is 5.05. The Labute approximate surface area is 119 Å². The number of hydrogen-bond donors (Lipinski definition) is 1. The zero-order valence-corrected chi connectivity index (χ0v) is 12.9. The molecule has 1 N–H and O–H groups in total. The summed E-state index contributed by atoms with van der Waals surface area (Å²) in [5.74, 6) is 0. The minimum atomic E-state index is 0.354. The zero-order valence-electron chi connectivity index (χ0n) is 12.9. The maximum Gasteiger partial charge on any atom is 0.0546 e. The molecule has 3 nitrogen and oxygen atoms in total. The Kier molecular flexibility index (Phi) is 6.11. The highest BCUT2D eigenvalue weighted by atomic mass is 16.5. The van der Waals surface area contributed by atoms with Gasteiger partial charge in [0.1, 0.15) is 0 Å². The lowest BCUT2D eigenvalue weighted by Crippen LogP contribution is -2.50. The summed E-state index contributed by atoms with van der Waals surface area (Å²) in [6.45, 7) is 11.3. The van der Waals surface area contributed by atoms with Crippen LogP contribution in [0.1, 0.15) is 52.4 Å². The molecule has 1 atom stereocenters. The van der Waals surface area contributed by atoms with Crippen LogP contribution in [-0.2, 0) is 4.74 Å². The highest BCUT2D eigenvalue weighted by molar-refractivity contribution is 4.88. The van der Waals surface area contributed by atoms with Crippen molar-refractivity contribution in [2.45, 2.75) is 58.4 Å². The maximum atomic E-state index is 5.82. The fourth-order valence-electron chi connectivity index (χ4n) is 3.42. The topological polar surface area (TPSA) is 24.5 Å². The van der Waals surface area contributed by atoms with Crippen molar-refractivity contribution in [1.29, 1.82) is 0 Å². The molecule has 0 aromatic rings. The summed E-state index contributed by atoms with van der Waals surface area (Å²) in [7, 11) is 0. The monoisotopic (exact) mass is 268 g/mol. The summed E-state index contributed by atoms with van der Waals surface area (Å²) in [4.78, 5) is 2.70. The van der Waals surface area contributed by atoms with E-state index >= 15 is 0 Å². The highest BCUT2D eigenvalue weighted by Crippen LogP contribution is 2.30. The van der Waals surface area contributed by atoms with Crippen molar-refractivity contribution >= 4 is 0 Å². The molecule has 0 aliphatic carbocycles. The molecule has 0 radical (unpaired) electrons. The molecule has 1 unspecified atom stereocenters. The average molecular weight is 268 g/mol. The molecular weight excluding hydrogens is 236 g/mol. The molecule has 0 aromatic carbocycles. The van der Waals surface area contributed by atoms with Gasteiger partial charge in [0.2, 0.25) is 0 Å². The van der Waals surface area contributed by atoms with Gasteiger partial charge < -0.3 is 15.0 Å². The Balaban J connectivity index is 1.91. The summed E-state index contributed by atoms with van der Waals surface area (Å²) in [6.07, 6.45) is 8.16. The summed E-state index contributed by atoms with van der Waals surface area (Å²) < 4.78 is 5.82. The van der Waals surface area contributed by atoms with E-state index in [1.807, 2.05) is 0 Å². The number of nitrogens with one attached hydrogen (secondary N) is 1. The van der Waals surface area contributed by atoms with E-state index in [2.05, 4.69) is 24.1 Å². The molecule has 112 valence electrons. The molecule has 2 aliphatic rings. The predicted molar refractivity (Wildman–Crippen MR) is 80.5 cm³/mol. The molecule has 2 saturated heterocycles. The first-order chi connectivity index (χ1) is 9.20. The van der Waals surface area contributed by atoms with Gasteiger partial charge >= 0.3 is 0 Å². The molecule has 2 aliphatic heterocycles. The molecule has 2 rings (SSSR count). The van der Waals surface area contributed by atoms with E-state index in [0.29, 0.717) is 11.5 Å². The maximum absolute atomic E-state index is 5.82. The second kappa shape index (κ2) is 7.61. The van der Waals surface area contributed by atoms with Crippen LogP contribution in [0.3, 0.4) is 0 Å². The van der Waals surface area contributed by atoms with Gasteiger partial charge in [0, 0.05) is 31.2 Å². The SMILES string of the molecule is CC(C)NCC1(CN2CCCCCC2)CCCOC1. The van der Waals surface area contributed by atoms with E-state index in [1.54, 1.807) is 0 Å². The van der Waals surface area contributed by atoms with Gasteiger partial charge in [-0.25, -0.2) is 0 Å². The second-order valence-electron chi connectivity index (χ2n) is 6.88. The Morgan fingerprint density at radius 1 is 1.11 bits per heavy atom. The van der Waals surface area contributed by atoms with E-state index in [4.69, 9.17) is 4.74 Å². The van der Waals surface area contributed by atoms with Gasteiger partial charge in [-0.15, -0.1) is 0 Å². The van der Waals surface area contributed by atoms with Crippen LogP contribution in [0.4, 0.5) is 0 Å². The van der Waals surface area contributed by atoms with E-state index in [1.165, 1.54) is 58.2 Å². The summed E-state index contributed by atoms with van der Waals surface area (Å²) in [6, 6.07) is 0.572. The van der Waals surface area contributed by atoms with Gasteiger partial charge in [0.15, 0.2) is 0 Å². The molecule has 0 saturated carbocycles. The van der Waals surface area contributed by atoms with E-state index < -0.39 is 0 Å². The van der Waals surface area contributed by atoms with Crippen molar-refractivity contribution in [1.82, 2.24) is 10.2 Å². The van der Waals surface area contributed by atoms with Crippen LogP contribution in [-0.4, -0.2) is 50.3 Å². The number of likely N-dealkylation sites (tertiary alicyclic amines) is 1. The van der Waals surface area contributed by atoms with Crippen molar-refractivity contribution in [2.75, 3.05) is 39.4 Å². The first-order valence-corrected chi connectivity index (χ1v) is 8.24. The lowest BCUT2D eigenvalue weighted by atomic mass is 9.81. The van der Waals surface area contributed by atoms with E-state index in [9.17, 15) is 0 Å². The summed E-state index contributed by atoms with van der Waals surface area (Å²) in [5, 5.41) is 3.65. The van der Waals surface area contributed by atoms with Gasteiger partial charge in [-0.2, -0.15) is 0 Å². The third-order valence-electron chi connectivity index (χ3n) is 4.55. The molecule has 0 amide bonds. The predicted octanol–water partition coefficient (Wildman–Crippen LogP) is 2.66. The number of ether oxygens (including phenoxy) is 1. The molecule has 2 fully saturated rings. The third-order valence-corrected chi connectivity index (χ3v) is 4.55. The van der Waals surface area contributed by atoms with Crippen molar-refractivity contribution < 1.29 is 4.74 Å². The van der Waals surface area contributed by atoms with Crippen LogP contribution in [0.25, 0.3) is 0 Å². The number of nitrogens with zero attached hydrogens (tertiary/aromatic N) is 1. The molecule has 0 spiro atoms. The molecule has 0 bridgehead atoms. The summed E-state index contributed by atoms with van der Waals surface area (Å²) >= 11 is 0. The Bertz CT molecular complexity index is 241. The lowest BCUT2D eigenvalue weighted by molar-refractivity contribution is -0.0266. The number of hydrogen-bond acceptors (Lipinski definition) is 3. The van der Waals surface area contributed by atoms with Gasteiger partial charge in [-0.05, 0) is 38.8 Å². The first-order valence-electron chi connectivity index (χ1n) is 8.24. The van der Waals surface area contributed by atoms with Crippen LogP contribution in [0, 0.1) is 5.41 Å². The van der Waals surface area contributed by atoms with Crippen LogP contribution in [0.2, 0.25) is 0 Å². The van der Waals surface area contributed by atoms with Crippen LogP contribution < -0.4 is 5.32 Å². The van der Waals surface area contributed by atoms with Crippen LogP contribution in [0.15, 0.2) is 0 Å². The minimum Gasteiger partial charge on any atom is -0.381 e. The average Bonchev–Trinajstić information content (AvgIpc) is 2.66. The standard InChI is InChI=1S/C16H32N2O/c1-15(2)17-12-16(8-7-11-19-14-16)13-18-9-5-3-4-6-10-18/h15,17H,3-14H2,1-2H3. The fourth-order valence-corrected chi connectivity index (χ4v) is 3.42. The number of rotatable bonds is 5. The highest BCUT2D eigenvalue weighted by Gasteiger charge is 2.34. The van der Waals surface area contributed by atoms with Crippen LogP contribution in [0.5, 0.6) is 0 Å². The second-order valence-corrected chi connectivity index (χ2v) is 6.88. The van der Waals surface area contributed by atoms with E-state index in [-0.39, 0.29) is 0 Å². The Morgan fingerprint density at radius 2 is 1.84 bits per heavy atom. The Morgan fingerprint density at radius 3 is 2.42 bits per heavy atom. The van der Waals surface area contributed by atoms with Gasteiger partial charge in [0.05, 0.1) is 6.61 Å². The van der Waals surface area contributed by atoms with Crippen LogP contribution >= 0.6 is 0 Å². The van der Waals surface area contributed by atoms with Crippen molar-refractivity contribution in [3.8, 4) is 0 Å². The van der Waals surface area contributed by atoms with Gasteiger partial charge in [-0.1, -0.05) is 26.7 Å². The largest absolute Gasteiger partial charge is 0.381 e. The molecule has 3 heteroatoms. The molecule has 0 aromatic heterocycles. The fraction of sp³-hybridized carbons (Fsp3) is 1.00. The minimum absolute atomic E-state index is 0.354. The smallest absolute Gasteiger partial charge is 0.0546 e. The lowest BCUT2D eigenvalue weighted by Gasteiger charge is -2.41. The van der Waals surface area contributed by atoms with Gasteiger partial charge in [-0.3, -0.25) is 0 Å². The quantitative estimate of drug-likeness (QED) is 0.829. The molecule has 2 heterocycles. The summed E-state index contributed by atoms with van der Waals surface area (Å²) in [5.41, 5.74) is 0.354.